The first kappa shape index (κ1) is 18.5. The normalized spacial score (nSPS) is 18.8. The number of imide groups is 1. The lowest BCUT2D eigenvalue weighted by atomic mass is 10.0. The molecule has 2 aliphatic heterocycles. The fourth-order valence-electron chi connectivity index (χ4n) is 3.58. The van der Waals surface area contributed by atoms with Gasteiger partial charge in [0.05, 0.1) is 6.54 Å². The van der Waals surface area contributed by atoms with Crippen LogP contribution in [0.1, 0.15) is 39.9 Å². The summed E-state index contributed by atoms with van der Waals surface area (Å²) >= 11 is 5.81. The predicted octanol–water partition coefficient (Wildman–Crippen LogP) is 2.77. The Hall–Kier alpha value is -2.86. The first-order chi connectivity index (χ1) is 13.6. The third kappa shape index (κ3) is 3.47. The number of hydrogen-bond acceptors (Lipinski definition) is 4. The summed E-state index contributed by atoms with van der Waals surface area (Å²) < 4.78 is 5.97. The summed E-state index contributed by atoms with van der Waals surface area (Å²) in [6.45, 7) is 0.660. The topological polar surface area (TPSA) is 75.7 Å². The maximum absolute atomic E-state index is 12.8. The molecular formula is C21H19ClN2O4. The van der Waals surface area contributed by atoms with Crippen LogP contribution in [0.3, 0.4) is 0 Å². The van der Waals surface area contributed by atoms with Gasteiger partial charge in [-0.25, -0.2) is 0 Å². The van der Waals surface area contributed by atoms with Crippen LogP contribution in [0, 0.1) is 0 Å². The number of halogens is 1. The van der Waals surface area contributed by atoms with Gasteiger partial charge in [0, 0.05) is 23.4 Å². The molecule has 1 N–H and O–H groups in total. The second-order valence-electron chi connectivity index (χ2n) is 6.92. The van der Waals surface area contributed by atoms with Crippen LogP contribution in [0.2, 0.25) is 0 Å². The van der Waals surface area contributed by atoms with Crippen molar-refractivity contribution in [2.24, 2.45) is 0 Å². The van der Waals surface area contributed by atoms with Gasteiger partial charge in [-0.2, -0.15) is 0 Å². The molecule has 0 radical (unpaired) electrons. The van der Waals surface area contributed by atoms with Crippen LogP contribution in [0.5, 0.6) is 5.75 Å². The minimum absolute atomic E-state index is 0.207. The van der Waals surface area contributed by atoms with Gasteiger partial charge in [-0.05, 0) is 29.7 Å². The van der Waals surface area contributed by atoms with E-state index in [0.29, 0.717) is 36.8 Å². The quantitative estimate of drug-likeness (QED) is 0.620. The first-order valence-corrected chi connectivity index (χ1v) is 9.63. The molecule has 1 atom stereocenters. The second kappa shape index (κ2) is 7.64. The number of rotatable bonds is 5. The Kier molecular flexibility index (Phi) is 5.05. The predicted molar refractivity (Wildman–Crippen MR) is 103 cm³/mol. The molecule has 4 rings (SSSR count). The lowest BCUT2D eigenvalue weighted by Crippen LogP contribution is -2.52. The number of alkyl halides is 1. The number of nitrogens with zero attached hydrogens (tertiary/aromatic N) is 1. The third-order valence-electron chi connectivity index (χ3n) is 5.11. The van der Waals surface area contributed by atoms with Crippen LogP contribution in [-0.2, 0) is 28.6 Å². The van der Waals surface area contributed by atoms with E-state index in [2.05, 4.69) is 5.32 Å². The number of piperidine rings is 1. The fraction of sp³-hybridized carbons (Fsp3) is 0.286. The van der Waals surface area contributed by atoms with Crippen molar-refractivity contribution in [3.8, 4) is 5.75 Å². The van der Waals surface area contributed by atoms with Crippen molar-refractivity contribution < 1.29 is 19.1 Å². The van der Waals surface area contributed by atoms with E-state index in [1.54, 1.807) is 12.1 Å². The molecule has 0 bridgehead atoms. The molecule has 1 fully saturated rings. The van der Waals surface area contributed by atoms with Crippen molar-refractivity contribution in [3.63, 3.8) is 0 Å². The Morgan fingerprint density at radius 2 is 1.82 bits per heavy atom. The summed E-state index contributed by atoms with van der Waals surface area (Å²) in [7, 11) is 0. The lowest BCUT2D eigenvalue weighted by molar-refractivity contribution is -0.136. The van der Waals surface area contributed by atoms with Crippen LogP contribution < -0.4 is 10.1 Å². The molecule has 0 spiro atoms. The van der Waals surface area contributed by atoms with Crippen molar-refractivity contribution in [2.45, 2.75) is 37.9 Å². The van der Waals surface area contributed by atoms with Crippen molar-refractivity contribution in [2.75, 3.05) is 0 Å². The van der Waals surface area contributed by atoms with Crippen molar-refractivity contribution in [1.82, 2.24) is 10.2 Å². The Bertz CT molecular complexity index is 942. The maximum Gasteiger partial charge on any atom is 0.255 e. The summed E-state index contributed by atoms with van der Waals surface area (Å²) in [5.41, 5.74) is 3.35. The summed E-state index contributed by atoms with van der Waals surface area (Å²) in [5, 5.41) is 2.31. The van der Waals surface area contributed by atoms with Gasteiger partial charge in [0.1, 0.15) is 18.4 Å². The second-order valence-corrected chi connectivity index (χ2v) is 7.19. The highest BCUT2D eigenvalue weighted by Crippen LogP contribution is 2.33. The molecule has 0 unspecified atom stereocenters. The van der Waals surface area contributed by atoms with Gasteiger partial charge in [-0.1, -0.05) is 30.3 Å². The van der Waals surface area contributed by atoms with Gasteiger partial charge in [0.2, 0.25) is 11.8 Å². The number of carbonyl (C=O) groups is 3. The van der Waals surface area contributed by atoms with Crippen molar-refractivity contribution in [1.29, 1.82) is 0 Å². The minimum atomic E-state index is -0.631. The van der Waals surface area contributed by atoms with Crippen LogP contribution in [-0.4, -0.2) is 28.7 Å². The van der Waals surface area contributed by atoms with Gasteiger partial charge in [-0.3, -0.25) is 19.7 Å². The highest BCUT2D eigenvalue weighted by molar-refractivity contribution is 6.17. The molecule has 6 nitrogen and oxygen atoms in total. The van der Waals surface area contributed by atoms with Crippen LogP contribution >= 0.6 is 11.6 Å². The van der Waals surface area contributed by atoms with Crippen molar-refractivity contribution >= 4 is 29.3 Å². The summed E-state index contributed by atoms with van der Waals surface area (Å²) in [6, 6.07) is 12.5. The molecule has 1 saturated heterocycles. The number of benzene rings is 2. The molecule has 2 aromatic carbocycles. The minimum Gasteiger partial charge on any atom is -0.489 e. The molecule has 2 aromatic rings. The van der Waals surface area contributed by atoms with E-state index in [1.807, 2.05) is 30.3 Å². The number of carbonyl (C=O) groups excluding carboxylic acids is 3. The van der Waals surface area contributed by atoms with Crippen molar-refractivity contribution in [3.05, 3.63) is 64.7 Å². The van der Waals surface area contributed by atoms with Crippen LogP contribution in [0.25, 0.3) is 0 Å². The molecule has 2 aliphatic rings. The summed E-state index contributed by atoms with van der Waals surface area (Å²) in [4.78, 5) is 37.9. The largest absolute Gasteiger partial charge is 0.489 e. The molecule has 7 heteroatoms. The van der Waals surface area contributed by atoms with Crippen LogP contribution in [0.4, 0.5) is 0 Å². The monoisotopic (exact) mass is 398 g/mol. The Labute approximate surface area is 167 Å². The highest BCUT2D eigenvalue weighted by atomic mass is 35.5. The van der Waals surface area contributed by atoms with Gasteiger partial charge in [0.15, 0.2) is 0 Å². The van der Waals surface area contributed by atoms with Crippen LogP contribution in [0.15, 0.2) is 42.5 Å². The number of hydrogen-bond donors (Lipinski definition) is 1. The van der Waals surface area contributed by atoms with E-state index in [-0.39, 0.29) is 18.2 Å². The zero-order valence-corrected chi connectivity index (χ0v) is 15.9. The van der Waals surface area contributed by atoms with E-state index < -0.39 is 11.9 Å². The van der Waals surface area contributed by atoms with E-state index in [4.69, 9.17) is 16.3 Å². The smallest absolute Gasteiger partial charge is 0.255 e. The molecule has 28 heavy (non-hydrogen) atoms. The highest BCUT2D eigenvalue weighted by Gasteiger charge is 2.40. The average Bonchev–Trinajstić information content (AvgIpc) is 3.04. The summed E-state index contributed by atoms with van der Waals surface area (Å²) in [6.07, 6.45) is 0.575. The number of fused-ring (bicyclic) bond motifs is 1. The van der Waals surface area contributed by atoms with E-state index in [1.165, 1.54) is 4.90 Å². The SMILES string of the molecule is O=C1CC[C@H](N2Cc3c(OCc4ccc(CCl)cc4)cccc3C2=O)C(=O)N1. The van der Waals surface area contributed by atoms with E-state index in [0.717, 1.165) is 16.7 Å². The molecule has 3 amide bonds. The van der Waals surface area contributed by atoms with E-state index >= 15 is 0 Å². The zero-order valence-electron chi connectivity index (χ0n) is 15.1. The lowest BCUT2D eigenvalue weighted by Gasteiger charge is -2.29. The van der Waals surface area contributed by atoms with E-state index in [9.17, 15) is 14.4 Å². The Morgan fingerprint density at radius 1 is 1.07 bits per heavy atom. The number of nitrogens with one attached hydrogen (secondary N) is 1. The fourth-order valence-corrected chi connectivity index (χ4v) is 3.76. The maximum atomic E-state index is 12.8. The molecule has 0 saturated carbocycles. The van der Waals surface area contributed by atoms with Gasteiger partial charge >= 0.3 is 0 Å². The molecule has 0 aromatic heterocycles. The average molecular weight is 399 g/mol. The zero-order chi connectivity index (χ0) is 19.7. The molecule has 0 aliphatic carbocycles. The molecule has 144 valence electrons. The van der Waals surface area contributed by atoms with Gasteiger partial charge in [-0.15, -0.1) is 11.6 Å². The number of amides is 3. The molecular weight excluding hydrogens is 380 g/mol. The number of ether oxygens (including phenoxy) is 1. The van der Waals surface area contributed by atoms with Gasteiger partial charge in [0.25, 0.3) is 5.91 Å². The first-order valence-electron chi connectivity index (χ1n) is 9.10. The Balaban J connectivity index is 1.50. The summed E-state index contributed by atoms with van der Waals surface area (Å²) in [5.74, 6) is 0.170. The molecule has 2 heterocycles. The standard InChI is InChI=1S/C21H19ClN2O4/c22-10-13-4-6-14(7-5-13)12-28-18-3-1-2-15-16(18)11-24(21(15)27)17-8-9-19(25)23-20(17)26/h1-7,17H,8-12H2,(H,23,25,26)/t17-/m0/s1. The third-order valence-corrected chi connectivity index (χ3v) is 5.42. The Morgan fingerprint density at radius 3 is 2.54 bits per heavy atom. The van der Waals surface area contributed by atoms with Gasteiger partial charge < -0.3 is 9.64 Å².